The lowest BCUT2D eigenvalue weighted by Crippen LogP contribution is -2.26. The minimum absolute atomic E-state index is 0.326. The maximum Gasteiger partial charge on any atom is 0.328 e. The molecule has 0 spiro atoms. The second-order valence-corrected chi connectivity index (χ2v) is 5.68. The van der Waals surface area contributed by atoms with Crippen LogP contribution in [0.3, 0.4) is 0 Å². The van der Waals surface area contributed by atoms with Gasteiger partial charge in [-0.2, -0.15) is 0 Å². The van der Waals surface area contributed by atoms with Crippen molar-refractivity contribution >= 4 is 12.0 Å². The first-order valence-electron chi connectivity index (χ1n) is 6.88. The van der Waals surface area contributed by atoms with Crippen LogP contribution >= 0.6 is 0 Å². The highest BCUT2D eigenvalue weighted by Gasteiger charge is 2.25. The molecule has 1 heterocycles. The molecule has 0 aliphatic carbocycles. The van der Waals surface area contributed by atoms with Gasteiger partial charge in [0.15, 0.2) is 0 Å². The van der Waals surface area contributed by atoms with Gasteiger partial charge in [0.1, 0.15) is 5.82 Å². The minimum Gasteiger partial charge on any atom is -0.478 e. The van der Waals surface area contributed by atoms with Crippen LogP contribution in [-0.2, 0) is 11.3 Å². The predicted octanol–water partition coefficient (Wildman–Crippen LogP) is 3.15. The van der Waals surface area contributed by atoms with E-state index >= 15 is 0 Å². The number of halogens is 1. The molecule has 108 valence electrons. The van der Waals surface area contributed by atoms with Crippen molar-refractivity contribution in [1.82, 2.24) is 4.90 Å². The number of hydrogen-bond donors (Lipinski definition) is 1. The predicted molar refractivity (Wildman–Crippen MR) is 76.7 cm³/mol. The monoisotopic (exact) mass is 277 g/mol. The molecule has 4 heteroatoms. The maximum atomic E-state index is 13.6. The maximum absolute atomic E-state index is 13.6. The average molecular weight is 277 g/mol. The average Bonchev–Trinajstić information content (AvgIpc) is 2.64. The summed E-state index contributed by atoms with van der Waals surface area (Å²) in [7, 11) is 0. The highest BCUT2D eigenvalue weighted by Crippen LogP contribution is 2.24. The van der Waals surface area contributed by atoms with Crippen LogP contribution in [0.1, 0.15) is 31.4 Å². The van der Waals surface area contributed by atoms with Gasteiger partial charge < -0.3 is 5.11 Å². The van der Waals surface area contributed by atoms with Crippen LogP contribution in [-0.4, -0.2) is 28.6 Å². The molecule has 1 saturated heterocycles. The summed E-state index contributed by atoms with van der Waals surface area (Å²) in [6, 6.07) is 5.22. The first-order valence-corrected chi connectivity index (χ1v) is 6.88. The molecule has 1 aromatic carbocycles. The molecule has 1 aliphatic rings. The molecule has 2 rings (SSSR count). The molecule has 0 radical (unpaired) electrons. The van der Waals surface area contributed by atoms with E-state index in [9.17, 15) is 9.18 Å². The number of aliphatic carboxylic acids is 1. The first kappa shape index (κ1) is 14.7. The lowest BCUT2D eigenvalue weighted by molar-refractivity contribution is -0.131. The number of rotatable bonds is 4. The summed E-state index contributed by atoms with van der Waals surface area (Å²) in [5.41, 5.74) is 1.47. The highest BCUT2D eigenvalue weighted by atomic mass is 19.1. The van der Waals surface area contributed by atoms with Crippen molar-refractivity contribution in [2.24, 2.45) is 5.92 Å². The van der Waals surface area contributed by atoms with Crippen molar-refractivity contribution in [2.45, 2.75) is 32.9 Å². The highest BCUT2D eigenvalue weighted by molar-refractivity contribution is 5.85. The summed E-state index contributed by atoms with van der Waals surface area (Å²) >= 11 is 0. The van der Waals surface area contributed by atoms with Gasteiger partial charge in [0.05, 0.1) is 0 Å². The van der Waals surface area contributed by atoms with Gasteiger partial charge >= 0.3 is 5.97 Å². The molecule has 1 aliphatic heterocycles. The summed E-state index contributed by atoms with van der Waals surface area (Å²) in [6.07, 6.45) is 3.62. The molecule has 1 fully saturated rings. The molecular weight excluding hydrogens is 257 g/mol. The third kappa shape index (κ3) is 3.90. The van der Waals surface area contributed by atoms with Crippen molar-refractivity contribution in [2.75, 3.05) is 6.54 Å². The fourth-order valence-electron chi connectivity index (χ4n) is 2.87. The van der Waals surface area contributed by atoms with E-state index in [0.717, 1.165) is 18.2 Å². The molecule has 3 nitrogen and oxygen atoms in total. The Bertz CT molecular complexity index is 527. The van der Waals surface area contributed by atoms with Gasteiger partial charge in [0.2, 0.25) is 0 Å². The van der Waals surface area contributed by atoms with E-state index < -0.39 is 5.97 Å². The number of carboxylic acids is 1. The van der Waals surface area contributed by atoms with Gasteiger partial charge in [0, 0.05) is 25.2 Å². The lowest BCUT2D eigenvalue weighted by atomic mass is 10.1. The zero-order chi connectivity index (χ0) is 14.7. The number of carbonyl (C=O) groups is 1. The summed E-state index contributed by atoms with van der Waals surface area (Å²) in [4.78, 5) is 12.8. The smallest absolute Gasteiger partial charge is 0.328 e. The van der Waals surface area contributed by atoms with E-state index in [1.807, 2.05) is 6.07 Å². The number of carboxylic acid groups (broad SMARTS) is 1. The van der Waals surface area contributed by atoms with Crippen LogP contribution in [0.5, 0.6) is 0 Å². The zero-order valence-corrected chi connectivity index (χ0v) is 11.8. The van der Waals surface area contributed by atoms with Crippen molar-refractivity contribution in [3.63, 3.8) is 0 Å². The van der Waals surface area contributed by atoms with Crippen LogP contribution in [0.2, 0.25) is 0 Å². The Morgan fingerprint density at radius 3 is 2.80 bits per heavy atom. The molecule has 2 unspecified atom stereocenters. The second-order valence-electron chi connectivity index (χ2n) is 5.68. The Balaban J connectivity index is 2.14. The number of benzene rings is 1. The Hall–Kier alpha value is -1.68. The molecular formula is C16H20FNO2. The quantitative estimate of drug-likeness (QED) is 0.859. The van der Waals surface area contributed by atoms with E-state index in [2.05, 4.69) is 18.7 Å². The summed E-state index contributed by atoms with van der Waals surface area (Å²) in [5, 5.41) is 8.62. The normalized spacial score (nSPS) is 23.6. The van der Waals surface area contributed by atoms with Crippen LogP contribution in [0.15, 0.2) is 24.3 Å². The summed E-state index contributed by atoms with van der Waals surface area (Å²) < 4.78 is 13.6. The van der Waals surface area contributed by atoms with Gasteiger partial charge in [-0.3, -0.25) is 4.90 Å². The van der Waals surface area contributed by atoms with E-state index in [4.69, 9.17) is 5.11 Å². The van der Waals surface area contributed by atoms with Crippen LogP contribution in [0.25, 0.3) is 6.08 Å². The molecule has 1 N–H and O–H groups in total. The van der Waals surface area contributed by atoms with Gasteiger partial charge in [-0.05, 0) is 48.6 Å². The van der Waals surface area contributed by atoms with Crippen LogP contribution in [0.4, 0.5) is 4.39 Å². The second kappa shape index (κ2) is 6.18. The van der Waals surface area contributed by atoms with Gasteiger partial charge in [0.25, 0.3) is 0 Å². The molecule has 0 saturated carbocycles. The Kier molecular flexibility index (Phi) is 4.55. The van der Waals surface area contributed by atoms with E-state index in [0.29, 0.717) is 24.1 Å². The Morgan fingerprint density at radius 1 is 1.45 bits per heavy atom. The molecule has 2 atom stereocenters. The molecule has 0 bridgehead atoms. The molecule has 0 amide bonds. The Morgan fingerprint density at radius 2 is 2.20 bits per heavy atom. The third-order valence-electron chi connectivity index (χ3n) is 3.70. The topological polar surface area (TPSA) is 40.5 Å². The number of likely N-dealkylation sites (tertiary alicyclic amines) is 1. The third-order valence-corrected chi connectivity index (χ3v) is 3.70. The van der Waals surface area contributed by atoms with E-state index in [-0.39, 0.29) is 5.82 Å². The van der Waals surface area contributed by atoms with Crippen LogP contribution < -0.4 is 0 Å². The van der Waals surface area contributed by atoms with Gasteiger partial charge in [-0.25, -0.2) is 9.18 Å². The Labute approximate surface area is 118 Å². The van der Waals surface area contributed by atoms with E-state index in [1.165, 1.54) is 24.6 Å². The van der Waals surface area contributed by atoms with Crippen LogP contribution in [0, 0.1) is 11.7 Å². The molecule has 20 heavy (non-hydrogen) atoms. The SMILES string of the molecule is CC1CC(C)N(Cc2cc(F)cc(/C=C/C(=O)O)c2)C1. The fourth-order valence-corrected chi connectivity index (χ4v) is 2.87. The van der Waals surface area contributed by atoms with Gasteiger partial charge in [-0.15, -0.1) is 0 Å². The van der Waals surface area contributed by atoms with Crippen molar-refractivity contribution < 1.29 is 14.3 Å². The molecule has 1 aromatic rings. The first-order chi connectivity index (χ1) is 9.44. The number of nitrogens with zero attached hydrogens (tertiary/aromatic N) is 1. The fraction of sp³-hybridized carbons (Fsp3) is 0.438. The van der Waals surface area contributed by atoms with Crippen molar-refractivity contribution in [3.05, 3.63) is 41.2 Å². The minimum atomic E-state index is -1.03. The summed E-state index contributed by atoms with van der Waals surface area (Å²) in [5.74, 6) is -0.685. The van der Waals surface area contributed by atoms with Crippen molar-refractivity contribution in [3.8, 4) is 0 Å². The number of hydrogen-bond acceptors (Lipinski definition) is 2. The zero-order valence-electron chi connectivity index (χ0n) is 11.8. The molecule has 0 aromatic heterocycles. The summed E-state index contributed by atoms with van der Waals surface area (Å²) in [6.45, 7) is 6.15. The van der Waals surface area contributed by atoms with E-state index in [1.54, 1.807) is 0 Å². The largest absolute Gasteiger partial charge is 0.478 e. The lowest BCUT2D eigenvalue weighted by Gasteiger charge is -2.21. The standard InChI is InChI=1S/C16H20FNO2/c1-11-5-12(2)18(9-11)10-14-6-13(3-4-16(19)20)7-15(17)8-14/h3-4,6-8,11-12H,5,9-10H2,1-2H3,(H,19,20)/b4-3+. The van der Waals surface area contributed by atoms with Gasteiger partial charge in [-0.1, -0.05) is 13.0 Å². The van der Waals surface area contributed by atoms with Crippen molar-refractivity contribution in [1.29, 1.82) is 0 Å².